The van der Waals surface area contributed by atoms with Gasteiger partial charge in [-0.15, -0.1) is 0 Å². The van der Waals surface area contributed by atoms with Crippen molar-refractivity contribution < 1.29 is 19.4 Å². The van der Waals surface area contributed by atoms with Crippen LogP contribution in [0.2, 0.25) is 0 Å². The molecule has 0 bridgehead atoms. The van der Waals surface area contributed by atoms with Crippen LogP contribution in [-0.2, 0) is 16.0 Å². The number of esters is 1. The summed E-state index contributed by atoms with van der Waals surface area (Å²) in [7, 11) is 1.33. The predicted molar refractivity (Wildman–Crippen MR) is 74.7 cm³/mol. The highest BCUT2D eigenvalue weighted by Gasteiger charge is 2.21. The van der Waals surface area contributed by atoms with Crippen LogP contribution in [0.25, 0.3) is 0 Å². The van der Waals surface area contributed by atoms with Crippen LogP contribution in [0.5, 0.6) is 11.5 Å². The van der Waals surface area contributed by atoms with Crippen LogP contribution in [0.15, 0.2) is 54.6 Å². The molecular formula is C16H16O4. The van der Waals surface area contributed by atoms with E-state index in [1.54, 1.807) is 36.4 Å². The van der Waals surface area contributed by atoms with Gasteiger partial charge in [-0.1, -0.05) is 30.3 Å². The van der Waals surface area contributed by atoms with Crippen LogP contribution in [0.3, 0.4) is 0 Å². The van der Waals surface area contributed by atoms with Crippen LogP contribution in [0, 0.1) is 0 Å². The number of carbonyl (C=O) groups excluding carboxylic acids is 1. The number of rotatable bonds is 5. The van der Waals surface area contributed by atoms with Crippen molar-refractivity contribution >= 4 is 5.97 Å². The lowest BCUT2D eigenvalue weighted by molar-refractivity contribution is -0.148. The zero-order valence-electron chi connectivity index (χ0n) is 11.2. The van der Waals surface area contributed by atoms with Crippen molar-refractivity contribution in [2.24, 2.45) is 0 Å². The molecule has 0 aliphatic rings. The average Bonchev–Trinajstić information content (AvgIpc) is 2.49. The summed E-state index contributed by atoms with van der Waals surface area (Å²) in [5.74, 6) is 0.371. The van der Waals surface area contributed by atoms with Crippen molar-refractivity contribution in [1.29, 1.82) is 0 Å². The molecule has 1 atom stereocenters. The summed E-state index contributed by atoms with van der Waals surface area (Å²) in [6.07, 6.45) is -0.339. The van der Waals surface area contributed by atoms with Gasteiger partial charge in [0, 0.05) is 6.42 Å². The summed E-state index contributed by atoms with van der Waals surface area (Å²) in [6, 6.07) is 15.8. The van der Waals surface area contributed by atoms with Crippen molar-refractivity contribution in [2.45, 2.75) is 12.5 Å². The fourth-order valence-electron chi connectivity index (χ4n) is 1.81. The van der Waals surface area contributed by atoms with E-state index in [1.807, 2.05) is 18.2 Å². The minimum atomic E-state index is -0.716. The third-order valence-corrected chi connectivity index (χ3v) is 2.84. The van der Waals surface area contributed by atoms with Gasteiger partial charge in [0.15, 0.2) is 6.10 Å². The molecule has 0 spiro atoms. The Labute approximate surface area is 117 Å². The molecule has 104 valence electrons. The normalized spacial score (nSPS) is 11.7. The first-order valence-electron chi connectivity index (χ1n) is 6.26. The van der Waals surface area contributed by atoms with Gasteiger partial charge >= 0.3 is 5.97 Å². The Hall–Kier alpha value is -2.49. The van der Waals surface area contributed by atoms with Gasteiger partial charge in [-0.25, -0.2) is 4.79 Å². The van der Waals surface area contributed by atoms with E-state index in [1.165, 1.54) is 7.11 Å². The molecule has 0 heterocycles. The molecule has 1 N–H and O–H groups in total. The smallest absolute Gasteiger partial charge is 0.347 e. The topological polar surface area (TPSA) is 55.8 Å². The molecule has 4 nitrogen and oxygen atoms in total. The third-order valence-electron chi connectivity index (χ3n) is 2.84. The first kappa shape index (κ1) is 13.9. The first-order valence-corrected chi connectivity index (χ1v) is 6.26. The Morgan fingerprint density at radius 3 is 2.35 bits per heavy atom. The number of benzene rings is 2. The summed E-state index contributed by atoms with van der Waals surface area (Å²) < 4.78 is 10.4. The van der Waals surface area contributed by atoms with Crippen molar-refractivity contribution in [1.82, 2.24) is 0 Å². The molecule has 0 saturated heterocycles. The monoisotopic (exact) mass is 272 g/mol. The van der Waals surface area contributed by atoms with Gasteiger partial charge < -0.3 is 14.6 Å². The van der Waals surface area contributed by atoms with Crippen LogP contribution < -0.4 is 4.74 Å². The number of carbonyl (C=O) groups is 1. The van der Waals surface area contributed by atoms with E-state index in [2.05, 4.69) is 0 Å². The molecule has 0 saturated carbocycles. The van der Waals surface area contributed by atoms with Crippen LogP contribution in [-0.4, -0.2) is 24.3 Å². The summed E-state index contributed by atoms with van der Waals surface area (Å²) in [6.45, 7) is 0. The van der Waals surface area contributed by atoms with Gasteiger partial charge in [-0.3, -0.25) is 0 Å². The number of aromatic hydroxyl groups is 1. The summed E-state index contributed by atoms with van der Waals surface area (Å²) in [5.41, 5.74) is 0.883. The predicted octanol–water partition coefficient (Wildman–Crippen LogP) is 2.56. The third kappa shape index (κ3) is 3.75. The molecule has 0 aromatic heterocycles. The molecule has 0 amide bonds. The second kappa shape index (κ2) is 6.61. The Morgan fingerprint density at radius 2 is 1.75 bits per heavy atom. The molecule has 2 aromatic carbocycles. The van der Waals surface area contributed by atoms with E-state index >= 15 is 0 Å². The highest BCUT2D eigenvalue weighted by atomic mass is 16.6. The van der Waals surface area contributed by atoms with Gasteiger partial charge in [0.25, 0.3) is 0 Å². The van der Waals surface area contributed by atoms with Gasteiger partial charge in [0.1, 0.15) is 11.5 Å². The minimum Gasteiger partial charge on any atom is -0.508 e. The van der Waals surface area contributed by atoms with Crippen molar-refractivity contribution in [3.8, 4) is 11.5 Å². The summed E-state index contributed by atoms with van der Waals surface area (Å²) >= 11 is 0. The number of phenols is 1. The lowest BCUT2D eigenvalue weighted by Gasteiger charge is -2.17. The van der Waals surface area contributed by atoms with Crippen LogP contribution in [0.4, 0.5) is 0 Å². The average molecular weight is 272 g/mol. The molecule has 0 aliphatic heterocycles. The number of hydrogen-bond donors (Lipinski definition) is 1. The van der Waals surface area contributed by atoms with Crippen molar-refractivity contribution in [3.63, 3.8) is 0 Å². The van der Waals surface area contributed by atoms with E-state index in [4.69, 9.17) is 9.47 Å². The molecule has 0 radical (unpaired) electrons. The van der Waals surface area contributed by atoms with Gasteiger partial charge in [-0.05, 0) is 29.8 Å². The largest absolute Gasteiger partial charge is 0.508 e. The maximum atomic E-state index is 11.8. The molecular weight excluding hydrogens is 256 g/mol. The standard InChI is InChI=1S/C16H16O4/c1-19-16(18)15(20-14-5-3-2-4-6-14)11-12-7-9-13(17)10-8-12/h2-10,15,17H,11H2,1H3. The zero-order valence-corrected chi connectivity index (χ0v) is 11.2. The van der Waals surface area contributed by atoms with Crippen LogP contribution >= 0.6 is 0 Å². The zero-order chi connectivity index (χ0) is 14.4. The SMILES string of the molecule is COC(=O)C(Cc1ccc(O)cc1)Oc1ccccc1. The molecule has 0 fully saturated rings. The van der Waals surface area contributed by atoms with E-state index in [0.29, 0.717) is 12.2 Å². The maximum Gasteiger partial charge on any atom is 0.347 e. The van der Waals surface area contributed by atoms with E-state index in [-0.39, 0.29) is 5.75 Å². The number of phenolic OH excluding ortho intramolecular Hbond substituents is 1. The van der Waals surface area contributed by atoms with Gasteiger partial charge in [0.05, 0.1) is 7.11 Å². The second-order valence-electron chi connectivity index (χ2n) is 4.31. The summed E-state index contributed by atoms with van der Waals surface area (Å²) in [4.78, 5) is 11.8. The molecule has 2 rings (SSSR count). The molecule has 4 heteroatoms. The fourth-order valence-corrected chi connectivity index (χ4v) is 1.81. The quantitative estimate of drug-likeness (QED) is 0.850. The fraction of sp³-hybridized carbons (Fsp3) is 0.188. The number of hydrogen-bond acceptors (Lipinski definition) is 4. The number of ether oxygens (including phenoxy) is 2. The lowest BCUT2D eigenvalue weighted by atomic mass is 10.1. The Morgan fingerprint density at radius 1 is 1.10 bits per heavy atom. The number of para-hydroxylation sites is 1. The van der Waals surface area contributed by atoms with E-state index in [0.717, 1.165) is 5.56 Å². The van der Waals surface area contributed by atoms with Gasteiger partial charge in [0.2, 0.25) is 0 Å². The highest BCUT2D eigenvalue weighted by Crippen LogP contribution is 2.16. The maximum absolute atomic E-state index is 11.8. The Balaban J connectivity index is 2.11. The Bertz CT molecular complexity index is 548. The number of methoxy groups -OCH3 is 1. The Kier molecular flexibility index (Phi) is 4.60. The van der Waals surface area contributed by atoms with Crippen molar-refractivity contribution in [3.05, 3.63) is 60.2 Å². The van der Waals surface area contributed by atoms with E-state index in [9.17, 15) is 9.90 Å². The van der Waals surface area contributed by atoms with E-state index < -0.39 is 12.1 Å². The second-order valence-corrected chi connectivity index (χ2v) is 4.31. The molecule has 1 unspecified atom stereocenters. The molecule has 20 heavy (non-hydrogen) atoms. The van der Waals surface area contributed by atoms with Gasteiger partial charge in [-0.2, -0.15) is 0 Å². The minimum absolute atomic E-state index is 0.187. The lowest BCUT2D eigenvalue weighted by Crippen LogP contribution is -2.30. The molecule has 2 aromatic rings. The van der Waals surface area contributed by atoms with Crippen LogP contribution in [0.1, 0.15) is 5.56 Å². The van der Waals surface area contributed by atoms with Crippen molar-refractivity contribution in [2.75, 3.05) is 7.11 Å². The summed E-state index contributed by atoms with van der Waals surface area (Å²) in [5, 5.41) is 9.26. The first-order chi connectivity index (χ1) is 9.69. The molecule has 0 aliphatic carbocycles. The highest BCUT2D eigenvalue weighted by molar-refractivity contribution is 5.75.